The average Bonchev–Trinajstić information content (AvgIpc) is 2.91. The second kappa shape index (κ2) is 14.6. The van der Waals surface area contributed by atoms with Crippen LogP contribution in [0.5, 0.6) is 0 Å². The van der Waals surface area contributed by atoms with Crippen LogP contribution in [0.25, 0.3) is 0 Å². The zero-order valence-electron chi connectivity index (χ0n) is 21.0. The Morgan fingerprint density at radius 1 is 0.829 bits per heavy atom. The maximum atomic E-state index is 6.39. The molecule has 3 fully saturated rings. The van der Waals surface area contributed by atoms with E-state index < -0.39 is 24.8 Å². The summed E-state index contributed by atoms with van der Waals surface area (Å²) in [6.07, 6.45) is -0.301. The third-order valence-corrected chi connectivity index (χ3v) is 6.60. The largest absolute Gasteiger partial charge is 0.378 e. The van der Waals surface area contributed by atoms with Gasteiger partial charge in [-0.2, -0.15) is 0 Å². The predicted octanol–water partition coefficient (Wildman–Crippen LogP) is 2.39. The van der Waals surface area contributed by atoms with E-state index >= 15 is 0 Å². The first-order valence-electron chi connectivity index (χ1n) is 12.9. The molecule has 9 nitrogen and oxygen atoms in total. The summed E-state index contributed by atoms with van der Waals surface area (Å²) in [7, 11) is 1.61. The summed E-state index contributed by atoms with van der Waals surface area (Å²) in [4.78, 5) is 2.39. The van der Waals surface area contributed by atoms with Gasteiger partial charge in [-0.1, -0.05) is 43.7 Å². The standard InChI is InChI=1S/C26H41NO8/c1-3-4-10-27-11-13-29-15-17-31-23-22-21(19-33-25(35-22)20-8-6-5-7-9-20)34-26(28-2)24(23)32-18-16-30-14-12-27/h5-9,21-26H,3-4,10-19H2,1-2H3/t21-,22+,23+,24-,25?,26+/m1/s1. The van der Waals surface area contributed by atoms with Crippen molar-refractivity contribution >= 4 is 0 Å². The van der Waals surface area contributed by atoms with Crippen molar-refractivity contribution in [3.63, 3.8) is 0 Å². The minimum atomic E-state index is -0.595. The molecule has 3 aliphatic heterocycles. The molecular formula is C26H41NO8. The topological polar surface area (TPSA) is 77.1 Å². The third kappa shape index (κ3) is 7.67. The summed E-state index contributed by atoms with van der Waals surface area (Å²) in [5.74, 6) is 0. The molecule has 0 aromatic heterocycles. The molecule has 35 heavy (non-hydrogen) atoms. The zero-order valence-corrected chi connectivity index (χ0v) is 21.0. The lowest BCUT2D eigenvalue weighted by atomic mass is 9.97. The lowest BCUT2D eigenvalue weighted by Gasteiger charge is -2.48. The number of benzene rings is 1. The molecule has 3 saturated heterocycles. The second-order valence-corrected chi connectivity index (χ2v) is 9.05. The Morgan fingerprint density at radius 3 is 2.23 bits per heavy atom. The monoisotopic (exact) mass is 495 g/mol. The summed E-state index contributed by atoms with van der Waals surface area (Å²) in [6, 6.07) is 9.90. The molecule has 0 saturated carbocycles. The fraction of sp³-hybridized carbons (Fsp3) is 0.769. The number of hydrogen-bond donors (Lipinski definition) is 0. The van der Waals surface area contributed by atoms with Gasteiger partial charge in [0.15, 0.2) is 12.6 Å². The summed E-state index contributed by atoms with van der Waals surface area (Å²) in [5, 5.41) is 0. The predicted molar refractivity (Wildman–Crippen MR) is 128 cm³/mol. The molecule has 0 bridgehead atoms. The first kappa shape index (κ1) is 26.9. The highest BCUT2D eigenvalue weighted by Gasteiger charge is 2.51. The first-order valence-corrected chi connectivity index (χ1v) is 12.9. The second-order valence-electron chi connectivity index (χ2n) is 9.05. The fourth-order valence-electron chi connectivity index (χ4n) is 4.68. The molecule has 1 aromatic carbocycles. The van der Waals surface area contributed by atoms with Gasteiger partial charge in [0.05, 0.1) is 46.2 Å². The molecule has 0 radical (unpaired) electrons. The van der Waals surface area contributed by atoms with Crippen LogP contribution in [0.4, 0.5) is 0 Å². The minimum Gasteiger partial charge on any atom is -0.378 e. The van der Waals surface area contributed by atoms with E-state index in [2.05, 4.69) is 11.8 Å². The lowest BCUT2D eigenvalue weighted by Crippen LogP contribution is -2.63. The highest BCUT2D eigenvalue weighted by Crippen LogP contribution is 2.36. The van der Waals surface area contributed by atoms with Crippen molar-refractivity contribution in [2.75, 3.05) is 73.0 Å². The fourth-order valence-corrected chi connectivity index (χ4v) is 4.68. The van der Waals surface area contributed by atoms with E-state index in [0.29, 0.717) is 46.2 Å². The van der Waals surface area contributed by atoms with Gasteiger partial charge in [-0.3, -0.25) is 4.90 Å². The third-order valence-electron chi connectivity index (χ3n) is 6.60. The molecule has 0 N–H and O–H groups in total. The van der Waals surface area contributed by atoms with Crippen LogP contribution in [0.2, 0.25) is 0 Å². The van der Waals surface area contributed by atoms with Crippen molar-refractivity contribution in [2.45, 2.75) is 56.8 Å². The van der Waals surface area contributed by atoms with Crippen LogP contribution in [-0.4, -0.2) is 109 Å². The van der Waals surface area contributed by atoms with Crippen molar-refractivity contribution < 1.29 is 37.9 Å². The van der Waals surface area contributed by atoms with Gasteiger partial charge < -0.3 is 37.9 Å². The van der Waals surface area contributed by atoms with E-state index in [0.717, 1.165) is 25.2 Å². The first-order chi connectivity index (χ1) is 17.3. The highest BCUT2D eigenvalue weighted by atomic mass is 16.8. The smallest absolute Gasteiger partial charge is 0.186 e. The number of rotatable bonds is 5. The number of unbranched alkanes of at least 4 members (excludes halogenated alkanes) is 1. The van der Waals surface area contributed by atoms with Gasteiger partial charge in [0.1, 0.15) is 24.4 Å². The average molecular weight is 496 g/mol. The normalized spacial score (nSPS) is 34.2. The van der Waals surface area contributed by atoms with Gasteiger partial charge >= 0.3 is 0 Å². The van der Waals surface area contributed by atoms with Crippen molar-refractivity contribution in [2.24, 2.45) is 0 Å². The Bertz CT molecular complexity index is 710. The molecule has 198 valence electrons. The molecule has 0 amide bonds. The van der Waals surface area contributed by atoms with E-state index in [1.165, 1.54) is 12.8 Å². The molecule has 9 heteroatoms. The summed E-state index contributed by atoms with van der Waals surface area (Å²) >= 11 is 0. The number of hydrogen-bond acceptors (Lipinski definition) is 9. The Kier molecular flexibility index (Phi) is 11.2. The molecule has 1 unspecified atom stereocenters. The Hall–Kier alpha value is -1.14. The number of methoxy groups -OCH3 is 1. The highest BCUT2D eigenvalue weighted by molar-refractivity contribution is 5.16. The van der Waals surface area contributed by atoms with E-state index in [1.807, 2.05) is 30.3 Å². The Labute approximate surface area is 208 Å². The van der Waals surface area contributed by atoms with Gasteiger partial charge in [0.25, 0.3) is 0 Å². The number of nitrogens with zero attached hydrogens (tertiary/aromatic N) is 1. The molecule has 1 aromatic rings. The summed E-state index contributed by atoms with van der Waals surface area (Å²) in [6.45, 7) is 8.55. The maximum Gasteiger partial charge on any atom is 0.186 e. The zero-order chi connectivity index (χ0) is 24.3. The molecule has 0 aliphatic carbocycles. The minimum absolute atomic E-state index is 0.323. The van der Waals surface area contributed by atoms with E-state index in [-0.39, 0.29) is 12.2 Å². The van der Waals surface area contributed by atoms with E-state index in [1.54, 1.807) is 7.11 Å². The van der Waals surface area contributed by atoms with Crippen LogP contribution in [0.1, 0.15) is 31.6 Å². The van der Waals surface area contributed by atoms with E-state index in [9.17, 15) is 0 Å². The van der Waals surface area contributed by atoms with Crippen LogP contribution < -0.4 is 0 Å². The van der Waals surface area contributed by atoms with Crippen molar-refractivity contribution in [1.82, 2.24) is 4.90 Å². The molecule has 6 atom stereocenters. The lowest BCUT2D eigenvalue weighted by molar-refractivity contribution is -0.368. The number of ether oxygens (including phenoxy) is 8. The quantitative estimate of drug-likeness (QED) is 0.612. The van der Waals surface area contributed by atoms with Crippen LogP contribution >= 0.6 is 0 Å². The van der Waals surface area contributed by atoms with Crippen LogP contribution in [0, 0.1) is 0 Å². The van der Waals surface area contributed by atoms with E-state index in [4.69, 9.17) is 37.9 Å². The van der Waals surface area contributed by atoms with Gasteiger partial charge in [0.2, 0.25) is 0 Å². The Balaban J connectivity index is 1.42. The van der Waals surface area contributed by atoms with Crippen molar-refractivity contribution in [3.8, 4) is 0 Å². The number of fused-ring (bicyclic) bond motifs is 3. The van der Waals surface area contributed by atoms with Crippen LogP contribution in [-0.2, 0) is 37.9 Å². The molecule has 3 heterocycles. The molecular weight excluding hydrogens is 454 g/mol. The SMILES string of the molecule is CCCCN1CCOCCO[C@H]2[C@H]3OC(c4ccccc4)OC[C@H]3O[C@H](OC)[C@@H]2OCCOCC1. The van der Waals surface area contributed by atoms with Gasteiger partial charge in [-0.05, 0) is 13.0 Å². The maximum absolute atomic E-state index is 6.39. The van der Waals surface area contributed by atoms with Gasteiger partial charge in [-0.25, -0.2) is 0 Å². The summed E-state index contributed by atoms with van der Waals surface area (Å²) in [5.41, 5.74) is 0.957. The molecule has 0 spiro atoms. The van der Waals surface area contributed by atoms with Gasteiger partial charge in [-0.15, -0.1) is 0 Å². The molecule has 3 aliphatic rings. The Morgan fingerprint density at radius 2 is 1.54 bits per heavy atom. The summed E-state index contributed by atoms with van der Waals surface area (Å²) < 4.78 is 48.6. The van der Waals surface area contributed by atoms with Crippen molar-refractivity contribution in [1.29, 1.82) is 0 Å². The van der Waals surface area contributed by atoms with Crippen LogP contribution in [0.3, 0.4) is 0 Å². The molecule has 4 rings (SSSR count). The van der Waals surface area contributed by atoms with Crippen LogP contribution in [0.15, 0.2) is 30.3 Å². The van der Waals surface area contributed by atoms with Crippen molar-refractivity contribution in [3.05, 3.63) is 35.9 Å². The van der Waals surface area contributed by atoms with Gasteiger partial charge in [0, 0.05) is 25.8 Å².